The van der Waals surface area contributed by atoms with Gasteiger partial charge in [-0.15, -0.1) is 0 Å². The number of hydrogen-bond donors (Lipinski definition) is 1. The number of amides is 1. The molecule has 5 heteroatoms. The molecule has 5 nitrogen and oxygen atoms in total. The minimum Gasteiger partial charge on any atom is -0.375 e. The Labute approximate surface area is 106 Å². The molecule has 1 aromatic rings. The summed E-state index contributed by atoms with van der Waals surface area (Å²) in [6, 6.07) is 8.59. The van der Waals surface area contributed by atoms with E-state index in [4.69, 9.17) is 10.5 Å². The highest BCUT2D eigenvalue weighted by atomic mass is 16.6. The summed E-state index contributed by atoms with van der Waals surface area (Å²) in [4.78, 5) is 24.5. The lowest BCUT2D eigenvalue weighted by Crippen LogP contribution is -2.45. The highest BCUT2D eigenvalue weighted by Gasteiger charge is 2.26. The van der Waals surface area contributed by atoms with Crippen LogP contribution in [0.3, 0.4) is 0 Å². The summed E-state index contributed by atoms with van der Waals surface area (Å²) in [5.41, 5.74) is 6.65. The molecule has 1 atom stereocenters. The number of carbonyl (C=O) groups excluding carboxylic acids is 2. The van der Waals surface area contributed by atoms with Crippen molar-refractivity contribution in [1.82, 2.24) is 4.90 Å². The number of carbonyl (C=O) groups is 2. The van der Waals surface area contributed by atoms with Crippen LogP contribution in [0.15, 0.2) is 30.3 Å². The van der Waals surface area contributed by atoms with E-state index in [9.17, 15) is 9.59 Å². The van der Waals surface area contributed by atoms with E-state index in [-0.39, 0.29) is 0 Å². The highest BCUT2D eigenvalue weighted by molar-refractivity contribution is 5.88. The van der Waals surface area contributed by atoms with Crippen LogP contribution in [0.5, 0.6) is 0 Å². The van der Waals surface area contributed by atoms with Crippen LogP contribution >= 0.6 is 0 Å². The van der Waals surface area contributed by atoms with Gasteiger partial charge in [0.25, 0.3) is 0 Å². The average Bonchev–Trinajstić information content (AvgIpc) is 2.27. The van der Waals surface area contributed by atoms with Crippen LogP contribution in [0.25, 0.3) is 0 Å². The zero-order valence-corrected chi connectivity index (χ0v) is 10.0. The van der Waals surface area contributed by atoms with E-state index < -0.39 is 18.1 Å². The first-order valence-electron chi connectivity index (χ1n) is 5.97. The summed E-state index contributed by atoms with van der Waals surface area (Å²) in [7, 11) is 0. The Balaban J connectivity index is 1.83. The summed E-state index contributed by atoms with van der Waals surface area (Å²) in [5.74, 6) is -0.671. The maximum Gasteiger partial charge on any atom is 0.417 e. The molecule has 1 aliphatic heterocycles. The maximum absolute atomic E-state index is 11.6. The Morgan fingerprint density at radius 2 is 1.94 bits per heavy atom. The fourth-order valence-corrected chi connectivity index (χ4v) is 1.68. The largest absolute Gasteiger partial charge is 0.417 e. The Morgan fingerprint density at radius 1 is 1.28 bits per heavy atom. The zero-order chi connectivity index (χ0) is 13.0. The fourth-order valence-electron chi connectivity index (χ4n) is 1.68. The van der Waals surface area contributed by atoms with Crippen LogP contribution < -0.4 is 5.73 Å². The average molecular weight is 248 g/mol. The van der Waals surface area contributed by atoms with Gasteiger partial charge in [-0.3, -0.25) is 0 Å². The van der Waals surface area contributed by atoms with Gasteiger partial charge in [0.05, 0.1) is 0 Å². The first-order valence-corrected chi connectivity index (χ1v) is 5.97. The first kappa shape index (κ1) is 12.6. The Morgan fingerprint density at radius 3 is 2.50 bits per heavy atom. The molecule has 0 aromatic heterocycles. The lowest BCUT2D eigenvalue weighted by molar-refractivity contribution is -0.140. The summed E-state index contributed by atoms with van der Waals surface area (Å²) < 4.78 is 4.71. The predicted octanol–water partition coefficient (Wildman–Crippen LogP) is 0.925. The summed E-state index contributed by atoms with van der Waals surface area (Å²) in [5, 5.41) is 0. The Kier molecular flexibility index (Phi) is 3.94. The van der Waals surface area contributed by atoms with Gasteiger partial charge in [0.15, 0.2) is 0 Å². The van der Waals surface area contributed by atoms with Crippen molar-refractivity contribution >= 4 is 12.1 Å². The van der Waals surface area contributed by atoms with Gasteiger partial charge in [0.2, 0.25) is 0 Å². The van der Waals surface area contributed by atoms with E-state index >= 15 is 0 Å². The number of nitrogens with zero attached hydrogens (tertiary/aromatic N) is 1. The number of hydrogen-bond acceptors (Lipinski definition) is 4. The smallest absolute Gasteiger partial charge is 0.375 e. The number of ether oxygens (including phenoxy) is 1. The third-order valence-electron chi connectivity index (χ3n) is 2.90. The molecule has 1 saturated heterocycles. The van der Waals surface area contributed by atoms with Gasteiger partial charge < -0.3 is 15.4 Å². The molecule has 0 unspecified atom stereocenters. The minimum absolute atomic E-state index is 0.368. The third-order valence-corrected chi connectivity index (χ3v) is 2.90. The van der Waals surface area contributed by atoms with Gasteiger partial charge in [-0.05, 0) is 18.4 Å². The van der Waals surface area contributed by atoms with E-state index in [1.807, 2.05) is 30.3 Å². The lowest BCUT2D eigenvalue weighted by Gasteiger charge is -2.29. The van der Waals surface area contributed by atoms with Crippen LogP contribution in [0.1, 0.15) is 12.0 Å². The van der Waals surface area contributed by atoms with E-state index in [2.05, 4.69) is 0 Å². The van der Waals surface area contributed by atoms with Crippen molar-refractivity contribution in [2.45, 2.75) is 18.9 Å². The standard InChI is InChI=1S/C13H16N2O3/c14-11(9-10-5-2-1-3-6-10)12(16)18-13(17)15-7-4-8-15/h1-3,5-6,11H,4,7-9,14H2/t11-/m0/s1. The van der Waals surface area contributed by atoms with Crippen molar-refractivity contribution in [3.05, 3.63) is 35.9 Å². The quantitative estimate of drug-likeness (QED) is 0.638. The number of nitrogens with two attached hydrogens (primary N) is 1. The second kappa shape index (κ2) is 5.64. The predicted molar refractivity (Wildman–Crippen MR) is 65.8 cm³/mol. The molecule has 0 radical (unpaired) electrons. The van der Waals surface area contributed by atoms with Crippen molar-refractivity contribution < 1.29 is 14.3 Å². The number of rotatable bonds is 3. The molecular weight excluding hydrogens is 232 g/mol. The number of benzene rings is 1. The highest BCUT2D eigenvalue weighted by Crippen LogP contribution is 2.09. The Hall–Kier alpha value is -1.88. The molecule has 96 valence electrons. The molecule has 0 spiro atoms. The summed E-state index contributed by atoms with van der Waals surface area (Å²) >= 11 is 0. The van der Waals surface area contributed by atoms with Crippen LogP contribution in [0, 0.1) is 0 Å². The van der Waals surface area contributed by atoms with E-state index in [1.165, 1.54) is 4.90 Å². The molecule has 0 saturated carbocycles. The fraction of sp³-hybridized carbons (Fsp3) is 0.385. The molecule has 1 aliphatic rings. The van der Waals surface area contributed by atoms with E-state index in [0.29, 0.717) is 19.5 Å². The van der Waals surface area contributed by atoms with Crippen LogP contribution in [0.2, 0.25) is 0 Å². The monoisotopic (exact) mass is 248 g/mol. The van der Waals surface area contributed by atoms with Crippen molar-refractivity contribution in [3.63, 3.8) is 0 Å². The van der Waals surface area contributed by atoms with Crippen LogP contribution in [-0.2, 0) is 16.0 Å². The van der Waals surface area contributed by atoms with Gasteiger partial charge in [-0.25, -0.2) is 9.59 Å². The van der Waals surface area contributed by atoms with Crippen molar-refractivity contribution in [2.75, 3.05) is 13.1 Å². The molecule has 2 rings (SSSR count). The van der Waals surface area contributed by atoms with Crippen LogP contribution in [0.4, 0.5) is 4.79 Å². The summed E-state index contributed by atoms with van der Waals surface area (Å²) in [6.07, 6.45) is 0.738. The molecule has 1 fully saturated rings. The molecule has 0 bridgehead atoms. The zero-order valence-electron chi connectivity index (χ0n) is 10.0. The molecule has 1 heterocycles. The molecule has 1 aromatic carbocycles. The normalized spacial score (nSPS) is 15.7. The molecule has 2 N–H and O–H groups in total. The summed E-state index contributed by atoms with van der Waals surface area (Å²) in [6.45, 7) is 1.31. The minimum atomic E-state index is -0.808. The number of likely N-dealkylation sites (tertiary alicyclic amines) is 1. The van der Waals surface area contributed by atoms with Gasteiger partial charge in [-0.1, -0.05) is 30.3 Å². The molecule has 1 amide bonds. The second-order valence-corrected chi connectivity index (χ2v) is 4.32. The van der Waals surface area contributed by atoms with Crippen molar-refractivity contribution in [2.24, 2.45) is 5.73 Å². The maximum atomic E-state index is 11.6. The topological polar surface area (TPSA) is 72.6 Å². The van der Waals surface area contributed by atoms with Gasteiger partial charge in [-0.2, -0.15) is 0 Å². The van der Waals surface area contributed by atoms with Crippen molar-refractivity contribution in [1.29, 1.82) is 0 Å². The van der Waals surface area contributed by atoms with E-state index in [1.54, 1.807) is 0 Å². The van der Waals surface area contributed by atoms with E-state index in [0.717, 1.165) is 12.0 Å². The van der Waals surface area contributed by atoms with Gasteiger partial charge >= 0.3 is 12.1 Å². The van der Waals surface area contributed by atoms with Gasteiger partial charge in [0, 0.05) is 13.1 Å². The first-order chi connectivity index (χ1) is 8.66. The number of esters is 1. The van der Waals surface area contributed by atoms with Crippen molar-refractivity contribution in [3.8, 4) is 0 Å². The lowest BCUT2D eigenvalue weighted by atomic mass is 10.1. The molecular formula is C13H16N2O3. The second-order valence-electron chi connectivity index (χ2n) is 4.32. The molecule has 0 aliphatic carbocycles. The Bertz CT molecular complexity index is 429. The third kappa shape index (κ3) is 3.07. The van der Waals surface area contributed by atoms with Gasteiger partial charge in [0.1, 0.15) is 6.04 Å². The van der Waals surface area contributed by atoms with Crippen LogP contribution in [-0.4, -0.2) is 36.1 Å². The molecule has 18 heavy (non-hydrogen) atoms. The SMILES string of the molecule is N[C@@H](Cc1ccccc1)C(=O)OC(=O)N1CCC1.